The lowest BCUT2D eigenvalue weighted by Gasteiger charge is -2.26. The zero-order chi connectivity index (χ0) is 25.5. The summed E-state index contributed by atoms with van der Waals surface area (Å²) in [6, 6.07) is 14.5. The molecule has 2 amide bonds. The van der Waals surface area contributed by atoms with Crippen molar-refractivity contribution >= 4 is 11.7 Å². The summed E-state index contributed by atoms with van der Waals surface area (Å²) in [6.07, 6.45) is 4.74. The van der Waals surface area contributed by atoms with Crippen LogP contribution in [0.1, 0.15) is 42.6 Å². The summed E-state index contributed by atoms with van der Waals surface area (Å²) in [5.41, 5.74) is 3.38. The van der Waals surface area contributed by atoms with Crippen LogP contribution in [-0.2, 0) is 6.42 Å². The van der Waals surface area contributed by atoms with Gasteiger partial charge in [-0.25, -0.2) is 14.8 Å². The normalized spacial score (nSPS) is 17.1. The molecule has 1 heterocycles. The zero-order valence-electron chi connectivity index (χ0n) is 20.3. The first-order chi connectivity index (χ1) is 17.5. The van der Waals surface area contributed by atoms with Crippen LogP contribution in [0.5, 0.6) is 11.5 Å². The van der Waals surface area contributed by atoms with Crippen molar-refractivity contribution < 1.29 is 19.4 Å². The van der Waals surface area contributed by atoms with Gasteiger partial charge >= 0.3 is 6.03 Å². The third-order valence-electron chi connectivity index (χ3n) is 6.18. The molecule has 0 unspecified atom stereocenters. The van der Waals surface area contributed by atoms with Crippen molar-refractivity contribution in [2.75, 3.05) is 19.5 Å². The highest BCUT2D eigenvalue weighted by molar-refractivity contribution is 5.89. The monoisotopic (exact) mass is 487 g/mol. The second kappa shape index (κ2) is 11.5. The standard InChI is InChI=1S/C27H29N5O4/c1-35-23-12-17(11-21(15-23)31-27(34)30-20-4-6-22(33)7-5-20)13-26-29-10-9-24(32-26)18-3-8-25(36-2)19(14-18)16-28/h3,8-12,14-15,20,22,33H,4-7,13H2,1-2H3,(H2,30,31,34). The largest absolute Gasteiger partial charge is 0.497 e. The summed E-state index contributed by atoms with van der Waals surface area (Å²) >= 11 is 0. The molecule has 1 fully saturated rings. The van der Waals surface area contributed by atoms with Crippen molar-refractivity contribution in [2.24, 2.45) is 0 Å². The third kappa shape index (κ3) is 6.29. The maximum absolute atomic E-state index is 12.5. The van der Waals surface area contributed by atoms with Gasteiger partial charge in [-0.1, -0.05) is 0 Å². The molecule has 9 heteroatoms. The van der Waals surface area contributed by atoms with Crippen molar-refractivity contribution in [3.8, 4) is 28.8 Å². The highest BCUT2D eigenvalue weighted by Crippen LogP contribution is 2.26. The lowest BCUT2D eigenvalue weighted by atomic mass is 9.93. The van der Waals surface area contributed by atoms with Crippen molar-refractivity contribution in [2.45, 2.75) is 44.2 Å². The molecule has 0 aliphatic heterocycles. The summed E-state index contributed by atoms with van der Waals surface area (Å²) in [7, 11) is 3.10. The minimum absolute atomic E-state index is 0.0501. The smallest absolute Gasteiger partial charge is 0.319 e. The Labute approximate surface area is 210 Å². The first-order valence-electron chi connectivity index (χ1n) is 11.8. The molecule has 3 aromatic rings. The molecule has 1 aliphatic rings. The number of hydrogen-bond acceptors (Lipinski definition) is 7. The number of nitrogens with zero attached hydrogens (tertiary/aromatic N) is 3. The maximum atomic E-state index is 12.5. The molecule has 2 aromatic carbocycles. The van der Waals surface area contributed by atoms with Crippen molar-refractivity contribution in [3.63, 3.8) is 0 Å². The Kier molecular flexibility index (Phi) is 7.98. The van der Waals surface area contributed by atoms with E-state index in [2.05, 4.69) is 26.7 Å². The Morgan fingerprint density at radius 1 is 1.11 bits per heavy atom. The van der Waals surface area contributed by atoms with E-state index in [4.69, 9.17) is 9.47 Å². The molecule has 186 valence electrons. The maximum Gasteiger partial charge on any atom is 0.319 e. The number of aromatic nitrogens is 2. The Hall–Kier alpha value is -4.16. The van der Waals surface area contributed by atoms with E-state index in [9.17, 15) is 15.2 Å². The van der Waals surface area contributed by atoms with E-state index in [1.807, 2.05) is 18.2 Å². The summed E-state index contributed by atoms with van der Waals surface area (Å²) < 4.78 is 10.7. The molecule has 4 rings (SSSR count). The fraction of sp³-hybridized carbons (Fsp3) is 0.333. The van der Waals surface area contributed by atoms with Crippen LogP contribution in [0.3, 0.4) is 0 Å². The molecular weight excluding hydrogens is 458 g/mol. The number of carbonyl (C=O) groups excluding carboxylic acids is 1. The number of aliphatic hydroxyl groups excluding tert-OH is 1. The second-order valence-corrected chi connectivity index (χ2v) is 8.74. The van der Waals surface area contributed by atoms with E-state index in [0.29, 0.717) is 53.5 Å². The highest BCUT2D eigenvalue weighted by Gasteiger charge is 2.21. The van der Waals surface area contributed by atoms with Crippen molar-refractivity contribution in [1.82, 2.24) is 15.3 Å². The molecule has 0 saturated heterocycles. The molecule has 3 N–H and O–H groups in total. The summed E-state index contributed by atoms with van der Waals surface area (Å²) in [5, 5.41) is 24.9. The van der Waals surface area contributed by atoms with Gasteiger partial charge in [-0.15, -0.1) is 0 Å². The van der Waals surface area contributed by atoms with E-state index in [1.54, 1.807) is 37.6 Å². The number of carbonyl (C=O) groups is 1. The van der Waals surface area contributed by atoms with E-state index in [1.165, 1.54) is 7.11 Å². The molecule has 36 heavy (non-hydrogen) atoms. The van der Waals surface area contributed by atoms with Crippen LogP contribution in [-0.4, -0.2) is 47.5 Å². The van der Waals surface area contributed by atoms with Crippen LogP contribution in [0.25, 0.3) is 11.3 Å². The molecule has 1 aliphatic carbocycles. The molecule has 9 nitrogen and oxygen atoms in total. The number of benzene rings is 2. The predicted molar refractivity (Wildman–Crippen MR) is 135 cm³/mol. The number of amides is 2. The predicted octanol–water partition coefficient (Wildman–Crippen LogP) is 4.05. The number of nitrogens with one attached hydrogen (secondary N) is 2. The van der Waals surface area contributed by atoms with Crippen LogP contribution in [0, 0.1) is 11.3 Å². The molecule has 0 spiro atoms. The number of aliphatic hydroxyl groups is 1. The van der Waals surface area contributed by atoms with Gasteiger partial charge in [0.1, 0.15) is 23.4 Å². The minimum Gasteiger partial charge on any atom is -0.497 e. The lowest BCUT2D eigenvalue weighted by molar-refractivity contribution is 0.118. The Bertz CT molecular complexity index is 1270. The Balaban J connectivity index is 1.49. The third-order valence-corrected chi connectivity index (χ3v) is 6.18. The lowest BCUT2D eigenvalue weighted by Crippen LogP contribution is -2.40. The van der Waals surface area contributed by atoms with Gasteiger partial charge in [0.05, 0.1) is 31.6 Å². The summed E-state index contributed by atoms with van der Waals surface area (Å²) in [6.45, 7) is 0. The first-order valence-corrected chi connectivity index (χ1v) is 11.8. The topological polar surface area (TPSA) is 129 Å². The molecule has 0 atom stereocenters. The average molecular weight is 488 g/mol. The molecule has 1 aromatic heterocycles. The van der Waals surface area contributed by atoms with Gasteiger partial charge < -0.3 is 25.2 Å². The van der Waals surface area contributed by atoms with Crippen LogP contribution in [0.2, 0.25) is 0 Å². The van der Waals surface area contributed by atoms with Gasteiger partial charge in [0.2, 0.25) is 0 Å². The number of anilines is 1. The van der Waals surface area contributed by atoms with E-state index < -0.39 is 0 Å². The molecular formula is C27H29N5O4. The van der Waals surface area contributed by atoms with Gasteiger partial charge in [-0.05, 0) is 67.6 Å². The van der Waals surface area contributed by atoms with Gasteiger partial charge in [0.15, 0.2) is 0 Å². The second-order valence-electron chi connectivity index (χ2n) is 8.74. The Morgan fingerprint density at radius 3 is 2.64 bits per heavy atom. The summed E-state index contributed by atoms with van der Waals surface area (Å²) in [4.78, 5) is 21.6. The molecule has 0 bridgehead atoms. The average Bonchev–Trinajstić information content (AvgIpc) is 2.89. The SMILES string of the molecule is COc1cc(Cc2nccc(-c3ccc(OC)c(C#N)c3)n2)cc(NC(=O)NC2CCC(O)CC2)c1. The zero-order valence-corrected chi connectivity index (χ0v) is 20.3. The van der Waals surface area contributed by atoms with Crippen LogP contribution < -0.4 is 20.1 Å². The highest BCUT2D eigenvalue weighted by atomic mass is 16.5. The van der Waals surface area contributed by atoms with E-state index in [-0.39, 0.29) is 18.2 Å². The first kappa shape index (κ1) is 24.9. The fourth-order valence-corrected chi connectivity index (χ4v) is 4.31. The van der Waals surface area contributed by atoms with Crippen LogP contribution in [0.15, 0.2) is 48.7 Å². The fourth-order valence-electron chi connectivity index (χ4n) is 4.31. The number of rotatable bonds is 7. The molecule has 0 radical (unpaired) electrons. The summed E-state index contributed by atoms with van der Waals surface area (Å²) in [5.74, 6) is 1.71. The number of hydrogen-bond donors (Lipinski definition) is 3. The van der Waals surface area contributed by atoms with Gasteiger partial charge in [-0.3, -0.25) is 0 Å². The van der Waals surface area contributed by atoms with Crippen LogP contribution >= 0.6 is 0 Å². The quantitative estimate of drug-likeness (QED) is 0.458. The number of ether oxygens (including phenoxy) is 2. The molecule has 1 saturated carbocycles. The van der Waals surface area contributed by atoms with Crippen molar-refractivity contribution in [1.29, 1.82) is 5.26 Å². The van der Waals surface area contributed by atoms with Gasteiger partial charge in [0.25, 0.3) is 0 Å². The number of methoxy groups -OCH3 is 2. The van der Waals surface area contributed by atoms with Gasteiger partial charge in [0, 0.05) is 36.0 Å². The van der Waals surface area contributed by atoms with E-state index in [0.717, 1.165) is 24.0 Å². The minimum atomic E-state index is -0.290. The van der Waals surface area contributed by atoms with Gasteiger partial charge in [-0.2, -0.15) is 5.26 Å². The van der Waals surface area contributed by atoms with Crippen LogP contribution in [0.4, 0.5) is 10.5 Å². The number of nitriles is 1. The Morgan fingerprint density at radius 2 is 1.92 bits per heavy atom. The van der Waals surface area contributed by atoms with Crippen molar-refractivity contribution in [3.05, 3.63) is 65.6 Å². The number of urea groups is 1. The van der Waals surface area contributed by atoms with E-state index >= 15 is 0 Å².